The highest BCUT2D eigenvalue weighted by molar-refractivity contribution is 5.35. The van der Waals surface area contributed by atoms with Crippen LogP contribution in [0.2, 0.25) is 0 Å². The highest BCUT2D eigenvalue weighted by Crippen LogP contribution is 2.28. The molecule has 0 atom stereocenters. The highest BCUT2D eigenvalue weighted by Gasteiger charge is 2.17. The normalized spacial score (nSPS) is 16.1. The summed E-state index contributed by atoms with van der Waals surface area (Å²) in [6, 6.07) is 4.76. The number of hydrogen-bond donors (Lipinski definition) is 1. The van der Waals surface area contributed by atoms with Crippen molar-refractivity contribution in [3.05, 3.63) is 29.7 Å². The van der Waals surface area contributed by atoms with Crippen LogP contribution in [0.5, 0.6) is 0 Å². The van der Waals surface area contributed by atoms with Gasteiger partial charge in [-0.25, -0.2) is 0 Å². The van der Waals surface area contributed by atoms with Crippen molar-refractivity contribution in [2.45, 2.75) is 45.2 Å². The molecule has 0 aromatic carbocycles. The monoisotopic (exact) mass is 259 g/mol. The summed E-state index contributed by atoms with van der Waals surface area (Å²) in [6.07, 6.45) is 7.33. The van der Waals surface area contributed by atoms with Crippen LogP contribution in [0.3, 0.4) is 0 Å². The molecule has 2 aromatic rings. The van der Waals surface area contributed by atoms with Gasteiger partial charge in [-0.15, -0.1) is 0 Å². The van der Waals surface area contributed by atoms with Crippen molar-refractivity contribution < 1.29 is 0 Å². The van der Waals surface area contributed by atoms with Gasteiger partial charge in [0.25, 0.3) is 0 Å². The number of anilines is 1. The average Bonchev–Trinajstić information content (AvgIpc) is 3.09. The van der Waals surface area contributed by atoms with Gasteiger partial charge < -0.3 is 5.32 Å². The molecule has 2 aromatic heterocycles. The summed E-state index contributed by atoms with van der Waals surface area (Å²) in [5, 5.41) is 12.4. The zero-order valence-corrected chi connectivity index (χ0v) is 11.6. The van der Waals surface area contributed by atoms with Crippen LogP contribution < -0.4 is 5.32 Å². The lowest BCUT2D eigenvalue weighted by atomic mass is 10.3. The fraction of sp³-hybridized carbons (Fsp3) is 0.571. The summed E-state index contributed by atoms with van der Waals surface area (Å²) < 4.78 is 4.01. The Balaban J connectivity index is 1.60. The van der Waals surface area contributed by atoms with Crippen LogP contribution >= 0.6 is 0 Å². The minimum atomic E-state index is 0.617. The molecular weight excluding hydrogens is 238 g/mol. The minimum absolute atomic E-state index is 0.617. The standard InChI is InChI=1S/C14H21N5/c1-11-9-14(17-18(11)2)15-10-12-7-8-19(16-12)13-5-3-4-6-13/h7-9,13H,3-6,10H2,1-2H3,(H,15,17). The lowest BCUT2D eigenvalue weighted by Gasteiger charge is -2.08. The van der Waals surface area contributed by atoms with Gasteiger partial charge in [-0.2, -0.15) is 10.2 Å². The number of aryl methyl sites for hydroxylation is 2. The summed E-state index contributed by atoms with van der Waals surface area (Å²) in [5.74, 6) is 0.912. The van der Waals surface area contributed by atoms with Crippen LogP contribution in [0, 0.1) is 6.92 Å². The van der Waals surface area contributed by atoms with E-state index >= 15 is 0 Å². The Morgan fingerprint density at radius 3 is 2.79 bits per heavy atom. The first-order chi connectivity index (χ1) is 9.22. The van der Waals surface area contributed by atoms with E-state index in [9.17, 15) is 0 Å². The van der Waals surface area contributed by atoms with Crippen LogP contribution in [0.1, 0.15) is 43.1 Å². The van der Waals surface area contributed by atoms with E-state index in [1.165, 1.54) is 25.7 Å². The van der Waals surface area contributed by atoms with Gasteiger partial charge >= 0.3 is 0 Å². The van der Waals surface area contributed by atoms with E-state index in [2.05, 4.69) is 32.5 Å². The summed E-state index contributed by atoms with van der Waals surface area (Å²) in [6.45, 7) is 2.78. The molecule has 1 saturated carbocycles. The molecule has 5 nitrogen and oxygen atoms in total. The Morgan fingerprint density at radius 2 is 2.11 bits per heavy atom. The highest BCUT2D eigenvalue weighted by atomic mass is 15.3. The van der Waals surface area contributed by atoms with Gasteiger partial charge in [0.1, 0.15) is 5.82 Å². The molecule has 0 amide bonds. The first-order valence-corrected chi connectivity index (χ1v) is 7.01. The van der Waals surface area contributed by atoms with E-state index in [4.69, 9.17) is 0 Å². The summed E-state index contributed by atoms with van der Waals surface area (Å²) >= 11 is 0. The van der Waals surface area contributed by atoms with Gasteiger partial charge in [-0.1, -0.05) is 12.8 Å². The van der Waals surface area contributed by atoms with Gasteiger partial charge in [0.15, 0.2) is 0 Å². The van der Waals surface area contributed by atoms with Crippen molar-refractivity contribution in [2.24, 2.45) is 7.05 Å². The second kappa shape index (κ2) is 5.07. The molecule has 5 heteroatoms. The Kier molecular flexibility index (Phi) is 3.27. The van der Waals surface area contributed by atoms with E-state index in [1.54, 1.807) is 0 Å². The topological polar surface area (TPSA) is 47.7 Å². The molecule has 0 aliphatic heterocycles. The molecule has 1 N–H and O–H groups in total. The molecule has 0 unspecified atom stereocenters. The number of hydrogen-bond acceptors (Lipinski definition) is 3. The zero-order valence-electron chi connectivity index (χ0n) is 11.6. The van der Waals surface area contributed by atoms with Crippen molar-refractivity contribution in [3.8, 4) is 0 Å². The molecule has 1 aliphatic carbocycles. The fourth-order valence-electron chi connectivity index (χ4n) is 2.67. The maximum atomic E-state index is 4.66. The molecule has 0 spiro atoms. The zero-order chi connectivity index (χ0) is 13.2. The predicted octanol–water partition coefficient (Wildman–Crippen LogP) is 2.65. The number of nitrogens with zero attached hydrogens (tertiary/aromatic N) is 4. The first-order valence-electron chi connectivity index (χ1n) is 7.01. The Labute approximate surface area is 113 Å². The third-order valence-corrected chi connectivity index (χ3v) is 3.93. The second-order valence-corrected chi connectivity index (χ2v) is 5.37. The number of nitrogens with one attached hydrogen (secondary N) is 1. The van der Waals surface area contributed by atoms with Crippen LogP contribution in [0.15, 0.2) is 18.3 Å². The molecule has 19 heavy (non-hydrogen) atoms. The van der Waals surface area contributed by atoms with E-state index in [-0.39, 0.29) is 0 Å². The van der Waals surface area contributed by atoms with Crippen LogP contribution in [-0.4, -0.2) is 19.6 Å². The van der Waals surface area contributed by atoms with Crippen molar-refractivity contribution in [1.82, 2.24) is 19.6 Å². The van der Waals surface area contributed by atoms with Crippen LogP contribution in [0.4, 0.5) is 5.82 Å². The molecule has 3 rings (SSSR count). The molecule has 102 valence electrons. The van der Waals surface area contributed by atoms with Crippen LogP contribution in [-0.2, 0) is 13.6 Å². The third-order valence-electron chi connectivity index (χ3n) is 3.93. The maximum absolute atomic E-state index is 4.66. The largest absolute Gasteiger partial charge is 0.363 e. The second-order valence-electron chi connectivity index (χ2n) is 5.37. The van der Waals surface area contributed by atoms with Crippen molar-refractivity contribution >= 4 is 5.82 Å². The molecule has 0 radical (unpaired) electrons. The quantitative estimate of drug-likeness (QED) is 0.918. The lowest BCUT2D eigenvalue weighted by Crippen LogP contribution is -2.07. The van der Waals surface area contributed by atoms with Gasteiger partial charge in [0.2, 0.25) is 0 Å². The summed E-state index contributed by atoms with van der Waals surface area (Å²) in [7, 11) is 1.95. The van der Waals surface area contributed by atoms with Gasteiger partial charge in [-0.3, -0.25) is 9.36 Å². The van der Waals surface area contributed by atoms with Crippen molar-refractivity contribution in [1.29, 1.82) is 0 Å². The van der Waals surface area contributed by atoms with Gasteiger partial charge in [-0.05, 0) is 25.8 Å². The summed E-state index contributed by atoms with van der Waals surface area (Å²) in [4.78, 5) is 0. The minimum Gasteiger partial charge on any atom is -0.363 e. The van der Waals surface area contributed by atoms with E-state index in [1.807, 2.05) is 24.7 Å². The molecule has 2 heterocycles. The Morgan fingerprint density at radius 1 is 1.32 bits per heavy atom. The number of rotatable bonds is 4. The average molecular weight is 259 g/mol. The molecular formula is C14H21N5. The Hall–Kier alpha value is -1.78. The molecule has 0 saturated heterocycles. The lowest BCUT2D eigenvalue weighted by molar-refractivity contribution is 0.463. The molecule has 1 aliphatic rings. The maximum Gasteiger partial charge on any atom is 0.148 e. The smallest absolute Gasteiger partial charge is 0.148 e. The number of aromatic nitrogens is 4. The van der Waals surface area contributed by atoms with Crippen molar-refractivity contribution in [3.63, 3.8) is 0 Å². The SMILES string of the molecule is Cc1cc(NCc2ccn(C3CCCC3)n2)nn1C. The molecule has 1 fully saturated rings. The predicted molar refractivity (Wildman–Crippen MR) is 75.0 cm³/mol. The van der Waals surface area contributed by atoms with E-state index < -0.39 is 0 Å². The first kappa shape index (κ1) is 12.3. The fourth-order valence-corrected chi connectivity index (χ4v) is 2.67. The van der Waals surface area contributed by atoms with Crippen molar-refractivity contribution in [2.75, 3.05) is 5.32 Å². The van der Waals surface area contributed by atoms with Crippen LogP contribution in [0.25, 0.3) is 0 Å². The summed E-state index contributed by atoms with van der Waals surface area (Å²) in [5.41, 5.74) is 2.23. The van der Waals surface area contributed by atoms with Gasteiger partial charge in [0, 0.05) is 25.0 Å². The van der Waals surface area contributed by atoms with E-state index in [0.29, 0.717) is 6.04 Å². The third kappa shape index (κ3) is 2.64. The van der Waals surface area contributed by atoms with Gasteiger partial charge in [0.05, 0.1) is 18.3 Å². The molecule has 0 bridgehead atoms. The van der Waals surface area contributed by atoms with E-state index in [0.717, 1.165) is 23.8 Å². The Bertz CT molecular complexity index is 528.